The van der Waals surface area contributed by atoms with Gasteiger partial charge in [0.2, 0.25) is 0 Å². The first-order valence-electron chi connectivity index (χ1n) is 6.16. The zero-order chi connectivity index (χ0) is 13.7. The van der Waals surface area contributed by atoms with Crippen molar-refractivity contribution in [2.24, 2.45) is 0 Å². The van der Waals surface area contributed by atoms with Crippen LogP contribution in [0, 0.1) is 0 Å². The maximum atomic E-state index is 5.93. The van der Waals surface area contributed by atoms with Gasteiger partial charge in [-0.05, 0) is 13.8 Å². The summed E-state index contributed by atoms with van der Waals surface area (Å²) in [6.07, 6.45) is -0.857. The van der Waals surface area contributed by atoms with Crippen molar-refractivity contribution in [1.29, 1.82) is 0 Å². The molecule has 2 radical (unpaired) electrons. The third kappa shape index (κ3) is 3.68. The highest BCUT2D eigenvalue weighted by molar-refractivity contribution is 6.11. The highest BCUT2D eigenvalue weighted by atomic mass is 16.6. The van der Waals surface area contributed by atoms with Crippen LogP contribution < -0.4 is 0 Å². The van der Waals surface area contributed by atoms with Gasteiger partial charge in [0.15, 0.2) is 0 Å². The lowest BCUT2D eigenvalue weighted by molar-refractivity contribution is -0.113. The van der Waals surface area contributed by atoms with Crippen LogP contribution in [0.1, 0.15) is 13.8 Å². The summed E-state index contributed by atoms with van der Waals surface area (Å²) in [6.45, 7) is 4.32. The number of rotatable bonds is 7. The quantitative estimate of drug-likeness (QED) is 0.616. The molecule has 0 aliphatic carbocycles. The van der Waals surface area contributed by atoms with Gasteiger partial charge in [-0.2, -0.15) is 0 Å². The van der Waals surface area contributed by atoms with Crippen molar-refractivity contribution in [3.05, 3.63) is 0 Å². The van der Waals surface area contributed by atoms with Gasteiger partial charge < -0.3 is 23.7 Å². The van der Waals surface area contributed by atoms with E-state index in [-0.39, 0.29) is 30.5 Å². The van der Waals surface area contributed by atoms with Gasteiger partial charge in [0.1, 0.15) is 26.2 Å². The Hall–Kier alpha value is -0.135. The smallest absolute Gasteiger partial charge is 0.113 e. The Morgan fingerprint density at radius 3 is 2.28 bits per heavy atom. The van der Waals surface area contributed by atoms with Crippen molar-refractivity contribution in [1.82, 2.24) is 0 Å². The van der Waals surface area contributed by atoms with E-state index in [0.29, 0.717) is 6.61 Å². The van der Waals surface area contributed by atoms with Crippen LogP contribution >= 0.6 is 0 Å². The second-order valence-electron chi connectivity index (χ2n) is 4.54. The van der Waals surface area contributed by atoms with Gasteiger partial charge in [-0.15, -0.1) is 0 Å². The molecule has 1 aliphatic heterocycles. The summed E-state index contributed by atoms with van der Waals surface area (Å²) in [4.78, 5) is 0. The fourth-order valence-electron chi connectivity index (χ4n) is 2.04. The van der Waals surface area contributed by atoms with E-state index in [4.69, 9.17) is 31.5 Å². The first-order chi connectivity index (χ1) is 8.54. The van der Waals surface area contributed by atoms with Gasteiger partial charge in [-0.1, -0.05) is 0 Å². The molecule has 0 aromatic heterocycles. The standard InChI is InChI=1S/C12H23BO5/c1-7(15-4)8(2)17-11-10(16-5)9(6-14-3)18-12(11)13/h7-12H,6H2,1-5H3/t7-,8-,9+,10?,11-,12+/m0/s1. The van der Waals surface area contributed by atoms with Gasteiger partial charge >= 0.3 is 0 Å². The van der Waals surface area contributed by atoms with Crippen LogP contribution in [-0.4, -0.2) is 72.3 Å². The lowest BCUT2D eigenvalue weighted by Gasteiger charge is -2.28. The monoisotopic (exact) mass is 258 g/mol. The Balaban J connectivity index is 2.62. The fourth-order valence-corrected chi connectivity index (χ4v) is 2.04. The molecule has 1 fully saturated rings. The third-order valence-electron chi connectivity index (χ3n) is 3.35. The van der Waals surface area contributed by atoms with E-state index in [1.165, 1.54) is 0 Å². The number of hydrogen-bond donors (Lipinski definition) is 0. The predicted octanol–water partition coefficient (Wildman–Crippen LogP) is 0.350. The molecule has 1 rings (SSSR count). The van der Waals surface area contributed by atoms with E-state index in [1.807, 2.05) is 13.8 Å². The molecule has 0 amide bonds. The third-order valence-corrected chi connectivity index (χ3v) is 3.35. The largest absolute Gasteiger partial charge is 0.382 e. The molecule has 6 atom stereocenters. The summed E-state index contributed by atoms with van der Waals surface area (Å²) in [6, 6.07) is -0.512. The Bertz CT molecular complexity index is 241. The first-order valence-corrected chi connectivity index (χ1v) is 6.16. The average Bonchev–Trinajstić information content (AvgIpc) is 2.64. The van der Waals surface area contributed by atoms with Gasteiger partial charge in [0, 0.05) is 27.3 Å². The molecule has 18 heavy (non-hydrogen) atoms. The van der Waals surface area contributed by atoms with Crippen LogP contribution in [-0.2, 0) is 23.7 Å². The molecule has 0 aromatic carbocycles. The van der Waals surface area contributed by atoms with Gasteiger partial charge in [0.05, 0.1) is 18.8 Å². The van der Waals surface area contributed by atoms with E-state index in [0.717, 1.165) is 0 Å². The predicted molar refractivity (Wildman–Crippen MR) is 67.9 cm³/mol. The van der Waals surface area contributed by atoms with E-state index < -0.39 is 6.00 Å². The average molecular weight is 258 g/mol. The maximum absolute atomic E-state index is 5.93. The summed E-state index contributed by atoms with van der Waals surface area (Å²) in [5.74, 6) is 0. The van der Waals surface area contributed by atoms with Gasteiger partial charge in [-0.3, -0.25) is 0 Å². The van der Waals surface area contributed by atoms with Crippen LogP contribution in [0.25, 0.3) is 0 Å². The van der Waals surface area contributed by atoms with Crippen molar-refractivity contribution in [2.45, 2.75) is 50.4 Å². The first kappa shape index (κ1) is 15.9. The lowest BCUT2D eigenvalue weighted by atomic mass is 9.92. The zero-order valence-corrected chi connectivity index (χ0v) is 11.8. The van der Waals surface area contributed by atoms with Crippen molar-refractivity contribution in [3.63, 3.8) is 0 Å². The van der Waals surface area contributed by atoms with E-state index in [9.17, 15) is 0 Å². The molecule has 104 valence electrons. The Morgan fingerprint density at radius 2 is 1.78 bits per heavy atom. The molecule has 6 heteroatoms. The molecule has 5 nitrogen and oxygen atoms in total. The van der Waals surface area contributed by atoms with Crippen LogP contribution in [0.15, 0.2) is 0 Å². The van der Waals surface area contributed by atoms with Crippen molar-refractivity contribution < 1.29 is 23.7 Å². The molecule has 1 heterocycles. The van der Waals surface area contributed by atoms with Crippen LogP contribution in [0.2, 0.25) is 0 Å². The second-order valence-corrected chi connectivity index (χ2v) is 4.54. The van der Waals surface area contributed by atoms with Gasteiger partial charge in [0.25, 0.3) is 0 Å². The van der Waals surface area contributed by atoms with Crippen molar-refractivity contribution in [3.8, 4) is 0 Å². The normalized spacial score (nSPS) is 35.6. The SMILES string of the molecule is [B][C@@H]1O[C@H](COC)C(OC)[C@@H]1O[C@@H](C)[C@H](C)OC. The molecule has 1 aliphatic rings. The van der Waals surface area contributed by atoms with Crippen LogP contribution in [0.3, 0.4) is 0 Å². The highest BCUT2D eigenvalue weighted by Crippen LogP contribution is 2.26. The second kappa shape index (κ2) is 7.45. The topological polar surface area (TPSA) is 46.2 Å². The number of hydrogen-bond acceptors (Lipinski definition) is 5. The molecule has 0 bridgehead atoms. The Kier molecular flexibility index (Phi) is 6.59. The Labute approximate surface area is 110 Å². The van der Waals surface area contributed by atoms with E-state index in [1.54, 1.807) is 21.3 Å². The summed E-state index contributed by atoms with van der Waals surface area (Å²) in [5, 5.41) is 0. The van der Waals surface area contributed by atoms with E-state index in [2.05, 4.69) is 0 Å². The molecular formula is C12H23BO5. The molecule has 0 spiro atoms. The Morgan fingerprint density at radius 1 is 1.11 bits per heavy atom. The van der Waals surface area contributed by atoms with Crippen LogP contribution in [0.5, 0.6) is 0 Å². The molecule has 0 aromatic rings. The summed E-state index contributed by atoms with van der Waals surface area (Å²) in [5.41, 5.74) is 0. The van der Waals surface area contributed by atoms with Gasteiger partial charge in [-0.25, -0.2) is 0 Å². The molecule has 1 unspecified atom stereocenters. The maximum Gasteiger partial charge on any atom is 0.113 e. The zero-order valence-electron chi connectivity index (χ0n) is 11.8. The molecule has 0 N–H and O–H groups in total. The minimum atomic E-state index is -0.512. The lowest BCUT2D eigenvalue weighted by Crippen LogP contribution is -2.42. The fraction of sp³-hybridized carbons (Fsp3) is 1.00. The summed E-state index contributed by atoms with van der Waals surface area (Å²) in [7, 11) is 10.8. The summed E-state index contributed by atoms with van der Waals surface area (Å²) < 4.78 is 27.2. The van der Waals surface area contributed by atoms with Crippen LogP contribution in [0.4, 0.5) is 0 Å². The number of methoxy groups -OCH3 is 3. The highest BCUT2D eigenvalue weighted by Gasteiger charge is 2.44. The van der Waals surface area contributed by atoms with Crippen molar-refractivity contribution in [2.75, 3.05) is 27.9 Å². The minimum absolute atomic E-state index is 0.0174. The molecule has 1 saturated heterocycles. The minimum Gasteiger partial charge on any atom is -0.382 e. The molecule has 0 saturated carbocycles. The molecular weight excluding hydrogens is 235 g/mol. The summed E-state index contributed by atoms with van der Waals surface area (Å²) >= 11 is 0. The number of ether oxygens (including phenoxy) is 5. The van der Waals surface area contributed by atoms with E-state index >= 15 is 0 Å². The van der Waals surface area contributed by atoms with Crippen molar-refractivity contribution >= 4 is 7.85 Å².